The number of amidine groups is 1. The summed E-state index contributed by atoms with van der Waals surface area (Å²) in [6.07, 6.45) is 2.09. The maximum Gasteiger partial charge on any atom is 0.151 e. The molecule has 3 N–H and O–H groups in total. The van der Waals surface area contributed by atoms with Crippen molar-refractivity contribution in [2.45, 2.75) is 6.92 Å². The third-order valence-corrected chi connectivity index (χ3v) is 3.99. The molecule has 0 radical (unpaired) electrons. The molecule has 2 aromatic carbocycles. The van der Waals surface area contributed by atoms with Gasteiger partial charge in [-0.15, -0.1) is 0 Å². The highest BCUT2D eigenvalue weighted by Gasteiger charge is 2.02. The van der Waals surface area contributed by atoms with Gasteiger partial charge in [0, 0.05) is 5.75 Å². The molecule has 0 fully saturated rings. The number of ether oxygens (including phenoxy) is 1. The minimum absolute atomic E-state index is 0.147. The number of nitrogens with two attached hydrogens (primary N) is 1. The van der Waals surface area contributed by atoms with E-state index >= 15 is 0 Å². The second-order valence-electron chi connectivity index (χ2n) is 4.88. The van der Waals surface area contributed by atoms with Crippen molar-refractivity contribution in [3.8, 4) is 16.9 Å². The predicted octanol–water partition coefficient (Wildman–Crippen LogP) is 4.39. The SMILES string of the molecule is COc1cccc(-c2cccc(/C(C)=C/CSC(=N)N)c2)c1. The molecule has 0 aliphatic rings. The van der Waals surface area contributed by atoms with Crippen molar-refractivity contribution in [3.05, 3.63) is 60.2 Å². The van der Waals surface area contributed by atoms with Gasteiger partial charge in [-0.3, -0.25) is 5.41 Å². The van der Waals surface area contributed by atoms with Gasteiger partial charge in [0.15, 0.2) is 5.17 Å². The number of thioether (sulfide) groups is 1. The van der Waals surface area contributed by atoms with Crippen LogP contribution in [0.1, 0.15) is 12.5 Å². The highest BCUT2D eigenvalue weighted by atomic mass is 32.2. The van der Waals surface area contributed by atoms with E-state index in [9.17, 15) is 0 Å². The summed E-state index contributed by atoms with van der Waals surface area (Å²) < 4.78 is 5.28. The fraction of sp³-hybridized carbons (Fsp3) is 0.167. The highest BCUT2D eigenvalue weighted by Crippen LogP contribution is 2.26. The van der Waals surface area contributed by atoms with E-state index in [1.54, 1.807) is 7.11 Å². The van der Waals surface area contributed by atoms with Crippen LogP contribution in [0.4, 0.5) is 0 Å². The lowest BCUT2D eigenvalue weighted by molar-refractivity contribution is 0.415. The summed E-state index contributed by atoms with van der Waals surface area (Å²) in [5, 5.41) is 7.38. The maximum atomic E-state index is 7.23. The summed E-state index contributed by atoms with van der Waals surface area (Å²) in [7, 11) is 1.68. The van der Waals surface area contributed by atoms with Crippen LogP contribution in [0.5, 0.6) is 5.75 Å². The molecule has 0 bridgehead atoms. The third kappa shape index (κ3) is 4.40. The molecule has 0 aromatic heterocycles. The molecule has 0 atom stereocenters. The van der Waals surface area contributed by atoms with Gasteiger partial charge in [-0.05, 0) is 47.4 Å². The molecule has 3 nitrogen and oxygen atoms in total. The van der Waals surface area contributed by atoms with Crippen molar-refractivity contribution in [1.82, 2.24) is 0 Å². The molecule has 0 unspecified atom stereocenters. The van der Waals surface area contributed by atoms with Crippen molar-refractivity contribution < 1.29 is 4.74 Å². The molecule has 0 aliphatic heterocycles. The van der Waals surface area contributed by atoms with E-state index in [1.165, 1.54) is 22.9 Å². The van der Waals surface area contributed by atoms with Gasteiger partial charge >= 0.3 is 0 Å². The lowest BCUT2D eigenvalue weighted by Gasteiger charge is -2.08. The molecule has 2 rings (SSSR count). The number of allylic oxidation sites excluding steroid dienone is 1. The summed E-state index contributed by atoms with van der Waals surface area (Å²) in [5.74, 6) is 1.57. The lowest BCUT2D eigenvalue weighted by Crippen LogP contribution is -2.03. The van der Waals surface area contributed by atoms with Crippen LogP contribution in [-0.4, -0.2) is 18.0 Å². The average molecular weight is 312 g/mol. The maximum absolute atomic E-state index is 7.23. The minimum atomic E-state index is 0.147. The van der Waals surface area contributed by atoms with Crippen molar-refractivity contribution in [2.75, 3.05) is 12.9 Å². The number of benzene rings is 2. The van der Waals surface area contributed by atoms with E-state index in [4.69, 9.17) is 15.9 Å². The first-order valence-electron chi connectivity index (χ1n) is 6.98. The van der Waals surface area contributed by atoms with Gasteiger partial charge in [-0.1, -0.05) is 48.2 Å². The number of hydrogen-bond acceptors (Lipinski definition) is 3. The summed E-state index contributed by atoms with van der Waals surface area (Å²) in [6.45, 7) is 2.07. The summed E-state index contributed by atoms with van der Waals surface area (Å²) in [6, 6.07) is 16.4. The molecule has 2 aromatic rings. The van der Waals surface area contributed by atoms with E-state index in [0.29, 0.717) is 5.75 Å². The Morgan fingerprint density at radius 3 is 2.55 bits per heavy atom. The Kier molecular flexibility index (Phi) is 5.67. The smallest absolute Gasteiger partial charge is 0.151 e. The summed E-state index contributed by atoms with van der Waals surface area (Å²) in [5.41, 5.74) is 9.99. The zero-order valence-electron chi connectivity index (χ0n) is 12.8. The lowest BCUT2D eigenvalue weighted by atomic mass is 9.99. The first kappa shape index (κ1) is 16.2. The third-order valence-electron chi connectivity index (χ3n) is 3.35. The zero-order valence-corrected chi connectivity index (χ0v) is 13.6. The van der Waals surface area contributed by atoms with Crippen LogP contribution in [-0.2, 0) is 0 Å². The zero-order chi connectivity index (χ0) is 15.9. The number of rotatable bonds is 5. The van der Waals surface area contributed by atoms with Crippen molar-refractivity contribution in [3.63, 3.8) is 0 Å². The first-order valence-corrected chi connectivity index (χ1v) is 7.97. The fourth-order valence-corrected chi connectivity index (χ4v) is 2.63. The Hall–Kier alpha value is -2.20. The van der Waals surface area contributed by atoms with Crippen molar-refractivity contribution in [2.24, 2.45) is 5.73 Å². The Bertz CT molecular complexity index is 695. The average Bonchev–Trinajstić information content (AvgIpc) is 2.54. The van der Waals surface area contributed by atoms with E-state index < -0.39 is 0 Å². The molecule has 0 spiro atoms. The summed E-state index contributed by atoms with van der Waals surface area (Å²) in [4.78, 5) is 0. The van der Waals surface area contributed by atoms with Crippen molar-refractivity contribution in [1.29, 1.82) is 5.41 Å². The first-order chi connectivity index (χ1) is 10.6. The topological polar surface area (TPSA) is 59.1 Å². The second kappa shape index (κ2) is 7.71. The van der Waals surface area contributed by atoms with Crippen LogP contribution in [0, 0.1) is 5.41 Å². The van der Waals surface area contributed by atoms with Crippen LogP contribution < -0.4 is 10.5 Å². The van der Waals surface area contributed by atoms with Crippen LogP contribution >= 0.6 is 11.8 Å². The van der Waals surface area contributed by atoms with Gasteiger partial charge in [-0.25, -0.2) is 0 Å². The Balaban J connectivity index is 2.24. The fourth-order valence-electron chi connectivity index (χ4n) is 2.12. The molecule has 0 saturated heterocycles. The molecule has 0 amide bonds. The minimum Gasteiger partial charge on any atom is -0.497 e. The molecule has 114 valence electrons. The van der Waals surface area contributed by atoms with Crippen LogP contribution in [0.3, 0.4) is 0 Å². The van der Waals surface area contributed by atoms with Gasteiger partial charge in [0.1, 0.15) is 5.75 Å². The Morgan fingerprint density at radius 1 is 1.18 bits per heavy atom. The van der Waals surface area contributed by atoms with Gasteiger partial charge < -0.3 is 10.5 Å². The van der Waals surface area contributed by atoms with E-state index in [1.807, 2.05) is 18.2 Å². The number of hydrogen-bond donors (Lipinski definition) is 2. The number of methoxy groups -OCH3 is 1. The summed E-state index contributed by atoms with van der Waals surface area (Å²) >= 11 is 1.33. The molecule has 0 saturated carbocycles. The van der Waals surface area contributed by atoms with Gasteiger partial charge in [-0.2, -0.15) is 0 Å². The molecule has 0 heterocycles. The molecular formula is C18H20N2OS. The van der Waals surface area contributed by atoms with Crippen LogP contribution in [0.2, 0.25) is 0 Å². The largest absolute Gasteiger partial charge is 0.497 e. The quantitative estimate of drug-likeness (QED) is 0.636. The standard InChI is InChI=1S/C18H20N2OS/c1-13(9-10-22-18(19)20)14-5-3-6-15(11-14)16-7-4-8-17(12-16)21-2/h3-9,11-12H,10H2,1-2H3,(H3,19,20)/b13-9+. The van der Waals surface area contributed by atoms with E-state index in [-0.39, 0.29) is 5.17 Å². The molecule has 4 heteroatoms. The normalized spacial score (nSPS) is 11.3. The van der Waals surface area contributed by atoms with Gasteiger partial charge in [0.2, 0.25) is 0 Å². The van der Waals surface area contributed by atoms with Gasteiger partial charge in [0.25, 0.3) is 0 Å². The van der Waals surface area contributed by atoms with Crippen LogP contribution in [0.25, 0.3) is 16.7 Å². The van der Waals surface area contributed by atoms with Crippen LogP contribution in [0.15, 0.2) is 54.6 Å². The van der Waals surface area contributed by atoms with E-state index in [0.717, 1.165) is 16.9 Å². The monoisotopic (exact) mass is 312 g/mol. The molecular weight excluding hydrogens is 292 g/mol. The molecule has 0 aliphatic carbocycles. The number of nitrogens with one attached hydrogen (secondary N) is 1. The van der Waals surface area contributed by atoms with Gasteiger partial charge in [0.05, 0.1) is 7.11 Å². The Morgan fingerprint density at radius 2 is 1.86 bits per heavy atom. The predicted molar refractivity (Wildman–Crippen MR) is 96.5 cm³/mol. The Labute approximate surface area is 135 Å². The van der Waals surface area contributed by atoms with E-state index in [2.05, 4.69) is 43.3 Å². The molecule has 22 heavy (non-hydrogen) atoms. The second-order valence-corrected chi connectivity index (χ2v) is 5.94. The van der Waals surface area contributed by atoms with Crippen molar-refractivity contribution >= 4 is 22.5 Å². The highest BCUT2D eigenvalue weighted by molar-refractivity contribution is 8.13.